The van der Waals surface area contributed by atoms with Crippen LogP contribution >= 0.6 is 11.6 Å². The zero-order chi connectivity index (χ0) is 13.9. The summed E-state index contributed by atoms with van der Waals surface area (Å²) in [5, 5.41) is 5.26. The van der Waals surface area contributed by atoms with Gasteiger partial charge in [0, 0.05) is 16.8 Å². The van der Waals surface area contributed by atoms with Gasteiger partial charge in [0.15, 0.2) is 0 Å². The van der Waals surface area contributed by atoms with Gasteiger partial charge in [-0.15, -0.1) is 0 Å². The van der Waals surface area contributed by atoms with Crippen LogP contribution < -0.4 is 4.74 Å². The van der Waals surface area contributed by atoms with Crippen LogP contribution in [0.15, 0.2) is 60.8 Å². The molecule has 0 aliphatic heterocycles. The first-order valence-electron chi connectivity index (χ1n) is 6.22. The Hall–Kier alpha value is -2.26. The third-order valence-electron chi connectivity index (χ3n) is 3.05. The lowest BCUT2D eigenvalue weighted by atomic mass is 10.1. The van der Waals surface area contributed by atoms with Gasteiger partial charge in [0.2, 0.25) is 0 Å². The molecule has 3 nitrogen and oxygen atoms in total. The van der Waals surface area contributed by atoms with Crippen molar-refractivity contribution >= 4 is 11.6 Å². The minimum absolute atomic E-state index is 0.698. The third kappa shape index (κ3) is 2.53. The first kappa shape index (κ1) is 12.8. The Morgan fingerprint density at radius 3 is 2.55 bits per heavy atom. The zero-order valence-corrected chi connectivity index (χ0v) is 11.7. The topological polar surface area (TPSA) is 27.1 Å². The van der Waals surface area contributed by atoms with Crippen molar-refractivity contribution in [2.75, 3.05) is 7.11 Å². The summed E-state index contributed by atoms with van der Waals surface area (Å²) in [6.45, 7) is 0. The number of hydrogen-bond acceptors (Lipinski definition) is 2. The smallest absolute Gasteiger partial charge is 0.118 e. The first-order valence-corrected chi connectivity index (χ1v) is 6.60. The largest absolute Gasteiger partial charge is 0.497 e. The van der Waals surface area contributed by atoms with Crippen molar-refractivity contribution < 1.29 is 4.74 Å². The summed E-state index contributed by atoms with van der Waals surface area (Å²) in [5.41, 5.74) is 2.90. The van der Waals surface area contributed by atoms with Crippen molar-refractivity contribution in [2.24, 2.45) is 0 Å². The maximum atomic E-state index is 6.00. The lowest BCUT2D eigenvalue weighted by molar-refractivity contribution is 0.415. The fourth-order valence-electron chi connectivity index (χ4n) is 2.00. The van der Waals surface area contributed by atoms with Gasteiger partial charge >= 0.3 is 0 Å². The second-order valence-corrected chi connectivity index (χ2v) is 4.79. The number of hydrogen-bond donors (Lipinski definition) is 0. The second kappa shape index (κ2) is 5.39. The fraction of sp³-hybridized carbons (Fsp3) is 0.0625. The Morgan fingerprint density at radius 2 is 1.85 bits per heavy atom. The molecule has 0 fully saturated rings. The van der Waals surface area contributed by atoms with Gasteiger partial charge in [0.25, 0.3) is 0 Å². The molecule has 0 unspecified atom stereocenters. The molecule has 0 N–H and O–H groups in total. The molecule has 1 aromatic heterocycles. The predicted octanol–water partition coefficient (Wildman–Crippen LogP) is 4.20. The van der Waals surface area contributed by atoms with E-state index in [9.17, 15) is 0 Å². The SMILES string of the molecule is COc1ccc(-c2ccn(-c3cccc(Cl)c3)n2)cc1. The Labute approximate surface area is 122 Å². The van der Waals surface area contributed by atoms with E-state index in [1.807, 2.05) is 65.5 Å². The van der Waals surface area contributed by atoms with Crippen molar-refractivity contribution in [1.82, 2.24) is 9.78 Å². The van der Waals surface area contributed by atoms with Crippen LogP contribution in [-0.2, 0) is 0 Å². The van der Waals surface area contributed by atoms with Crippen LogP contribution in [0.1, 0.15) is 0 Å². The molecule has 0 aliphatic carbocycles. The summed E-state index contributed by atoms with van der Waals surface area (Å²) >= 11 is 6.00. The highest BCUT2D eigenvalue weighted by molar-refractivity contribution is 6.30. The quantitative estimate of drug-likeness (QED) is 0.721. The number of nitrogens with zero attached hydrogens (tertiary/aromatic N) is 2. The van der Waals surface area contributed by atoms with E-state index < -0.39 is 0 Å². The molecule has 0 bridgehead atoms. The molecule has 3 rings (SSSR count). The average molecular weight is 285 g/mol. The zero-order valence-electron chi connectivity index (χ0n) is 11.0. The molecular formula is C16H13ClN2O. The summed E-state index contributed by atoms with van der Waals surface area (Å²) in [5.74, 6) is 0.836. The molecule has 4 heteroatoms. The minimum Gasteiger partial charge on any atom is -0.497 e. The van der Waals surface area contributed by atoms with Crippen LogP contribution in [-0.4, -0.2) is 16.9 Å². The molecule has 0 radical (unpaired) electrons. The summed E-state index contributed by atoms with van der Waals surface area (Å²) < 4.78 is 6.96. The van der Waals surface area contributed by atoms with Crippen LogP contribution in [0.25, 0.3) is 16.9 Å². The van der Waals surface area contributed by atoms with Crippen molar-refractivity contribution in [2.45, 2.75) is 0 Å². The minimum atomic E-state index is 0.698. The molecule has 0 amide bonds. The van der Waals surface area contributed by atoms with Crippen molar-refractivity contribution in [3.05, 3.63) is 65.8 Å². The normalized spacial score (nSPS) is 10.5. The van der Waals surface area contributed by atoms with E-state index in [0.717, 1.165) is 22.7 Å². The highest BCUT2D eigenvalue weighted by Crippen LogP contribution is 2.22. The van der Waals surface area contributed by atoms with E-state index in [1.165, 1.54) is 0 Å². The molecule has 0 spiro atoms. The van der Waals surface area contributed by atoms with Gasteiger partial charge in [-0.2, -0.15) is 5.10 Å². The number of methoxy groups -OCH3 is 1. The van der Waals surface area contributed by atoms with E-state index in [0.29, 0.717) is 5.02 Å². The fourth-order valence-corrected chi connectivity index (χ4v) is 2.19. The van der Waals surface area contributed by atoms with Crippen molar-refractivity contribution in [3.8, 4) is 22.7 Å². The standard InChI is InChI=1S/C16H13ClN2O/c1-20-15-7-5-12(6-8-15)16-9-10-19(18-16)14-4-2-3-13(17)11-14/h2-11H,1H3. The van der Waals surface area contributed by atoms with Crippen LogP contribution in [0.4, 0.5) is 0 Å². The lowest BCUT2D eigenvalue weighted by Gasteiger charge is -2.02. The molecule has 3 aromatic rings. The van der Waals surface area contributed by atoms with E-state index in [4.69, 9.17) is 16.3 Å². The predicted molar refractivity (Wildman–Crippen MR) is 80.6 cm³/mol. The third-order valence-corrected chi connectivity index (χ3v) is 3.28. The van der Waals surface area contributed by atoms with Crippen LogP contribution in [0.5, 0.6) is 5.75 Å². The monoisotopic (exact) mass is 284 g/mol. The molecule has 0 aliphatic rings. The number of halogens is 1. The molecule has 100 valence electrons. The molecule has 0 saturated carbocycles. The lowest BCUT2D eigenvalue weighted by Crippen LogP contribution is -1.94. The molecule has 20 heavy (non-hydrogen) atoms. The van der Waals surface area contributed by atoms with E-state index >= 15 is 0 Å². The Bertz CT molecular complexity index is 719. The van der Waals surface area contributed by atoms with Crippen LogP contribution in [0.2, 0.25) is 5.02 Å². The van der Waals surface area contributed by atoms with Gasteiger partial charge < -0.3 is 4.74 Å². The van der Waals surface area contributed by atoms with E-state index in [2.05, 4.69) is 5.10 Å². The Morgan fingerprint density at radius 1 is 1.05 bits per heavy atom. The van der Waals surface area contributed by atoms with Gasteiger partial charge in [0.1, 0.15) is 5.75 Å². The summed E-state index contributed by atoms with van der Waals surface area (Å²) in [6.07, 6.45) is 1.92. The summed E-state index contributed by atoms with van der Waals surface area (Å²) in [7, 11) is 1.66. The highest BCUT2D eigenvalue weighted by atomic mass is 35.5. The van der Waals surface area contributed by atoms with Gasteiger partial charge in [-0.1, -0.05) is 17.7 Å². The molecule has 1 heterocycles. The Balaban J connectivity index is 1.93. The van der Waals surface area contributed by atoms with Gasteiger partial charge in [0.05, 0.1) is 18.5 Å². The van der Waals surface area contributed by atoms with Crippen LogP contribution in [0.3, 0.4) is 0 Å². The van der Waals surface area contributed by atoms with Crippen LogP contribution in [0, 0.1) is 0 Å². The maximum absolute atomic E-state index is 6.00. The second-order valence-electron chi connectivity index (χ2n) is 4.35. The Kier molecular flexibility index (Phi) is 3.44. The first-order chi connectivity index (χ1) is 9.76. The maximum Gasteiger partial charge on any atom is 0.118 e. The molecule has 2 aromatic carbocycles. The van der Waals surface area contributed by atoms with Gasteiger partial charge in [-0.25, -0.2) is 4.68 Å². The van der Waals surface area contributed by atoms with E-state index in [-0.39, 0.29) is 0 Å². The summed E-state index contributed by atoms with van der Waals surface area (Å²) in [6, 6.07) is 17.4. The number of rotatable bonds is 3. The number of benzene rings is 2. The average Bonchev–Trinajstić information content (AvgIpc) is 2.97. The van der Waals surface area contributed by atoms with Crippen molar-refractivity contribution in [1.29, 1.82) is 0 Å². The summed E-state index contributed by atoms with van der Waals surface area (Å²) in [4.78, 5) is 0. The molecular weight excluding hydrogens is 272 g/mol. The molecule has 0 atom stereocenters. The highest BCUT2D eigenvalue weighted by Gasteiger charge is 2.04. The van der Waals surface area contributed by atoms with Gasteiger partial charge in [-0.05, 0) is 48.5 Å². The number of ether oxygens (including phenoxy) is 1. The van der Waals surface area contributed by atoms with E-state index in [1.54, 1.807) is 7.11 Å². The molecule has 0 saturated heterocycles. The van der Waals surface area contributed by atoms with Gasteiger partial charge in [-0.3, -0.25) is 0 Å². The van der Waals surface area contributed by atoms with Crippen molar-refractivity contribution in [3.63, 3.8) is 0 Å². The number of aromatic nitrogens is 2.